The van der Waals surface area contributed by atoms with Crippen molar-refractivity contribution in [1.29, 1.82) is 0 Å². The Kier molecular flexibility index (Phi) is 7.60. The molecule has 2 aromatic rings. The van der Waals surface area contributed by atoms with Crippen LogP contribution in [-0.4, -0.2) is 86.4 Å². The fourth-order valence-corrected chi connectivity index (χ4v) is 6.52. The lowest BCUT2D eigenvalue weighted by Gasteiger charge is -2.41. The van der Waals surface area contributed by atoms with Gasteiger partial charge in [-0.05, 0) is 77.4 Å². The van der Waals surface area contributed by atoms with E-state index in [1.165, 1.54) is 11.5 Å². The van der Waals surface area contributed by atoms with Crippen molar-refractivity contribution in [3.05, 3.63) is 23.7 Å². The Morgan fingerprint density at radius 1 is 1.18 bits per heavy atom. The first-order valence-corrected chi connectivity index (χ1v) is 14.6. The van der Waals surface area contributed by atoms with E-state index >= 15 is 0 Å². The molecule has 1 atom stereocenters. The number of rotatable bonds is 5. The summed E-state index contributed by atoms with van der Waals surface area (Å²) in [5.74, 6) is 0.459. The van der Waals surface area contributed by atoms with E-state index in [-0.39, 0.29) is 23.7 Å². The van der Waals surface area contributed by atoms with E-state index in [0.29, 0.717) is 50.7 Å². The van der Waals surface area contributed by atoms with Gasteiger partial charge in [-0.2, -0.15) is 4.37 Å². The van der Waals surface area contributed by atoms with Crippen LogP contribution in [0, 0.1) is 12.3 Å². The first-order chi connectivity index (χ1) is 18.9. The van der Waals surface area contributed by atoms with Crippen LogP contribution in [0.25, 0.3) is 0 Å². The monoisotopic (exact) mass is 570 g/mol. The van der Waals surface area contributed by atoms with E-state index < -0.39 is 16.9 Å². The average molecular weight is 571 g/mol. The molecule has 5 rings (SSSR count). The van der Waals surface area contributed by atoms with E-state index in [2.05, 4.69) is 19.6 Å². The van der Waals surface area contributed by atoms with Gasteiger partial charge in [-0.25, -0.2) is 14.8 Å². The molecule has 0 aliphatic carbocycles. The topological polar surface area (TPSA) is 147 Å². The van der Waals surface area contributed by atoms with Gasteiger partial charge in [0, 0.05) is 38.8 Å². The first-order valence-electron chi connectivity index (χ1n) is 13.9. The minimum Gasteiger partial charge on any atom is -0.444 e. The van der Waals surface area contributed by atoms with Crippen molar-refractivity contribution in [2.75, 3.05) is 42.9 Å². The molecule has 3 N–H and O–H groups in total. The summed E-state index contributed by atoms with van der Waals surface area (Å²) >= 11 is 1.27. The SMILES string of the molecule is Cc1cc(Nc2nc(N3CCCC(N4CCC5(CCN(C(=O)OC(C)(C)C)CC5)C4=O)C3)cnc2C(N)=O)sn1. The van der Waals surface area contributed by atoms with Crippen LogP contribution in [0.15, 0.2) is 12.3 Å². The van der Waals surface area contributed by atoms with Crippen molar-refractivity contribution in [3.8, 4) is 0 Å². The van der Waals surface area contributed by atoms with Gasteiger partial charge < -0.3 is 30.5 Å². The molecule has 3 fully saturated rings. The Morgan fingerprint density at radius 3 is 2.55 bits per heavy atom. The Labute approximate surface area is 238 Å². The zero-order valence-electron chi connectivity index (χ0n) is 23.6. The number of amides is 3. The van der Waals surface area contributed by atoms with Crippen LogP contribution in [0.4, 0.5) is 21.4 Å². The minimum absolute atomic E-state index is 0.0580. The van der Waals surface area contributed by atoms with Crippen LogP contribution in [0.1, 0.15) is 69.1 Å². The van der Waals surface area contributed by atoms with Crippen LogP contribution in [0.2, 0.25) is 0 Å². The number of carbonyl (C=O) groups excluding carboxylic acids is 3. The number of nitrogens with zero attached hydrogens (tertiary/aromatic N) is 6. The Balaban J connectivity index is 1.25. The summed E-state index contributed by atoms with van der Waals surface area (Å²) in [5.41, 5.74) is 5.54. The van der Waals surface area contributed by atoms with E-state index in [1.54, 1.807) is 11.1 Å². The molecule has 216 valence electrons. The van der Waals surface area contributed by atoms with Crippen LogP contribution in [0.3, 0.4) is 0 Å². The second-order valence-corrected chi connectivity index (χ2v) is 12.8. The van der Waals surface area contributed by atoms with E-state index in [9.17, 15) is 14.4 Å². The van der Waals surface area contributed by atoms with Gasteiger partial charge in [0.1, 0.15) is 16.4 Å². The number of anilines is 3. The number of hydrogen-bond acceptors (Lipinski definition) is 10. The molecule has 2 aromatic heterocycles. The third-order valence-corrected chi connectivity index (χ3v) is 8.74. The number of aromatic nitrogens is 3. The van der Waals surface area contributed by atoms with Gasteiger partial charge in [-0.3, -0.25) is 9.59 Å². The normalized spacial score (nSPS) is 21.1. The molecule has 3 aliphatic rings. The highest BCUT2D eigenvalue weighted by Gasteiger charge is 2.50. The Bertz CT molecular complexity index is 1280. The van der Waals surface area contributed by atoms with E-state index in [1.807, 2.05) is 38.7 Å². The Hall–Kier alpha value is -3.48. The zero-order valence-corrected chi connectivity index (χ0v) is 24.4. The Morgan fingerprint density at radius 2 is 1.90 bits per heavy atom. The van der Waals surface area contributed by atoms with Crippen LogP contribution < -0.4 is 16.0 Å². The molecule has 1 unspecified atom stereocenters. The van der Waals surface area contributed by atoms with Gasteiger partial charge in [0.15, 0.2) is 11.5 Å². The summed E-state index contributed by atoms with van der Waals surface area (Å²) in [5, 5.41) is 3.89. The van der Waals surface area contributed by atoms with Crippen molar-refractivity contribution in [1.82, 2.24) is 24.1 Å². The molecule has 12 nitrogen and oxygen atoms in total. The van der Waals surface area contributed by atoms with Crippen molar-refractivity contribution < 1.29 is 19.1 Å². The highest BCUT2D eigenvalue weighted by atomic mass is 32.1. The first kappa shape index (κ1) is 28.1. The molecule has 0 aromatic carbocycles. The molecule has 0 bridgehead atoms. The molecule has 13 heteroatoms. The molecule has 3 saturated heterocycles. The van der Waals surface area contributed by atoms with Gasteiger partial charge in [-0.1, -0.05) is 0 Å². The van der Waals surface area contributed by atoms with E-state index in [4.69, 9.17) is 15.5 Å². The van der Waals surface area contributed by atoms with Gasteiger partial charge in [0.05, 0.1) is 17.3 Å². The lowest BCUT2D eigenvalue weighted by molar-refractivity contribution is -0.140. The van der Waals surface area contributed by atoms with Gasteiger partial charge in [-0.15, -0.1) is 0 Å². The smallest absolute Gasteiger partial charge is 0.410 e. The molecular formula is C27H38N8O4S. The van der Waals surface area contributed by atoms with Crippen LogP contribution in [0.5, 0.6) is 0 Å². The highest BCUT2D eigenvalue weighted by Crippen LogP contribution is 2.43. The maximum absolute atomic E-state index is 13.8. The van der Waals surface area contributed by atoms with Crippen molar-refractivity contribution >= 4 is 46.1 Å². The fourth-order valence-electron chi connectivity index (χ4n) is 5.86. The lowest BCUT2D eigenvalue weighted by atomic mass is 9.77. The van der Waals surface area contributed by atoms with Crippen molar-refractivity contribution in [2.24, 2.45) is 11.1 Å². The largest absolute Gasteiger partial charge is 0.444 e. The predicted molar refractivity (Wildman–Crippen MR) is 152 cm³/mol. The molecule has 5 heterocycles. The van der Waals surface area contributed by atoms with Crippen molar-refractivity contribution in [2.45, 2.75) is 71.4 Å². The summed E-state index contributed by atoms with van der Waals surface area (Å²) in [6, 6.07) is 1.93. The number of primary amides is 1. The molecule has 1 spiro atoms. The molecule has 3 amide bonds. The van der Waals surface area contributed by atoms with Crippen molar-refractivity contribution in [3.63, 3.8) is 0 Å². The summed E-state index contributed by atoms with van der Waals surface area (Å²) < 4.78 is 9.80. The summed E-state index contributed by atoms with van der Waals surface area (Å²) in [6.45, 7) is 10.7. The number of aryl methyl sites for hydroxylation is 1. The van der Waals surface area contributed by atoms with Gasteiger partial charge in [0.25, 0.3) is 5.91 Å². The van der Waals surface area contributed by atoms with Gasteiger partial charge >= 0.3 is 6.09 Å². The summed E-state index contributed by atoms with van der Waals surface area (Å²) in [7, 11) is 0. The number of nitrogens with two attached hydrogens (primary N) is 1. The number of hydrogen-bond donors (Lipinski definition) is 2. The number of ether oxygens (including phenoxy) is 1. The lowest BCUT2D eigenvalue weighted by Crippen LogP contribution is -2.52. The highest BCUT2D eigenvalue weighted by molar-refractivity contribution is 7.10. The second-order valence-electron chi connectivity index (χ2n) is 12.0. The van der Waals surface area contributed by atoms with Crippen LogP contribution >= 0.6 is 11.5 Å². The third kappa shape index (κ3) is 5.84. The second kappa shape index (κ2) is 10.8. The fraction of sp³-hybridized carbons (Fsp3) is 0.630. The number of nitrogens with one attached hydrogen (secondary N) is 1. The maximum atomic E-state index is 13.8. The van der Waals surface area contributed by atoms with Gasteiger partial charge in [0.2, 0.25) is 5.91 Å². The van der Waals surface area contributed by atoms with Crippen LogP contribution in [-0.2, 0) is 9.53 Å². The zero-order chi connectivity index (χ0) is 28.7. The van der Waals surface area contributed by atoms with E-state index in [0.717, 1.165) is 36.5 Å². The number of likely N-dealkylation sites (tertiary alicyclic amines) is 2. The summed E-state index contributed by atoms with van der Waals surface area (Å²) in [4.78, 5) is 53.3. The predicted octanol–water partition coefficient (Wildman–Crippen LogP) is 3.30. The number of carbonyl (C=O) groups is 3. The molecule has 0 saturated carbocycles. The third-order valence-electron chi connectivity index (χ3n) is 7.94. The maximum Gasteiger partial charge on any atom is 0.410 e. The molecule has 0 radical (unpaired) electrons. The summed E-state index contributed by atoms with van der Waals surface area (Å²) in [6.07, 6.45) is 5.21. The number of piperidine rings is 2. The average Bonchev–Trinajstić information content (AvgIpc) is 3.45. The standard InChI is InChI=1S/C27H38N8O4S/c1-17-14-20(40-32-17)31-23-21(22(28)36)29-15-19(30-23)34-10-5-6-18(16-34)35-13-9-27(24(35)37)7-11-33(12-8-27)25(38)39-26(2,3)4/h14-15,18H,5-13,16H2,1-4H3,(H2,28,36)(H,30,31). The molecule has 3 aliphatic heterocycles. The minimum atomic E-state index is -0.662. The quantitative estimate of drug-likeness (QED) is 0.553. The molecular weight excluding hydrogens is 532 g/mol. The molecule has 40 heavy (non-hydrogen) atoms.